The Bertz CT molecular complexity index is 2210. The number of phenols is 2. The summed E-state index contributed by atoms with van der Waals surface area (Å²) in [5, 5.41) is 30.1. The van der Waals surface area contributed by atoms with E-state index in [2.05, 4.69) is 5.32 Å². The number of ketones is 1. The molecule has 0 heterocycles. The summed E-state index contributed by atoms with van der Waals surface area (Å²) < 4.78 is 17.3. The molecular weight excluding hydrogens is 562 g/mol. The van der Waals surface area contributed by atoms with Crippen molar-refractivity contribution in [2.75, 3.05) is 26.6 Å². The van der Waals surface area contributed by atoms with Gasteiger partial charge in [0, 0.05) is 56.2 Å². The van der Waals surface area contributed by atoms with E-state index >= 15 is 0 Å². The Labute approximate surface area is 252 Å². The van der Waals surface area contributed by atoms with Gasteiger partial charge in [0.25, 0.3) is 0 Å². The zero-order chi connectivity index (χ0) is 31.2. The largest absolute Gasteiger partial charge is 0.505 e. The van der Waals surface area contributed by atoms with Crippen LogP contribution in [0.2, 0.25) is 0 Å². The average molecular weight is 596 g/mol. The number of carbonyl (C=O) groups is 1. The lowest BCUT2D eigenvalue weighted by atomic mass is 9.82. The third-order valence-corrected chi connectivity index (χ3v) is 9.58. The van der Waals surface area contributed by atoms with E-state index < -0.39 is 10.9 Å². The summed E-state index contributed by atoms with van der Waals surface area (Å²) >= 11 is 0. The molecule has 1 saturated carbocycles. The second-order valence-corrected chi connectivity index (χ2v) is 12.0. The van der Waals surface area contributed by atoms with E-state index in [0.717, 1.165) is 32.1 Å². The van der Waals surface area contributed by atoms with Crippen molar-refractivity contribution in [2.45, 2.75) is 58.4 Å². The molecule has 0 amide bonds. The summed E-state index contributed by atoms with van der Waals surface area (Å²) in [7, 11) is 4.27. The SMILES string of the molecule is COc1c(O)c2c(=O)cc(OC)c3c4c(OC)cc(=O)c5c(O)c(NC6CCCCC6)c6c(c(c1C(C(C)=O)=C(C)C6)c23)c54. The van der Waals surface area contributed by atoms with Gasteiger partial charge in [-0.15, -0.1) is 0 Å². The molecule has 226 valence electrons. The molecule has 3 N–H and O–H groups in total. The third kappa shape index (κ3) is 3.55. The first-order chi connectivity index (χ1) is 21.1. The van der Waals surface area contributed by atoms with Gasteiger partial charge < -0.3 is 29.7 Å². The summed E-state index contributed by atoms with van der Waals surface area (Å²) in [6.07, 6.45) is 5.34. The third-order valence-electron chi connectivity index (χ3n) is 9.58. The highest BCUT2D eigenvalue weighted by Gasteiger charge is 2.36. The van der Waals surface area contributed by atoms with Crippen molar-refractivity contribution >= 4 is 60.1 Å². The minimum atomic E-state index is -0.492. The molecule has 0 radical (unpaired) electrons. The van der Waals surface area contributed by atoms with Crippen molar-refractivity contribution < 1.29 is 29.2 Å². The second-order valence-electron chi connectivity index (χ2n) is 12.0. The van der Waals surface area contributed by atoms with Gasteiger partial charge in [-0.2, -0.15) is 0 Å². The highest BCUT2D eigenvalue weighted by Crippen LogP contribution is 2.57. The lowest BCUT2D eigenvalue weighted by Crippen LogP contribution is -2.23. The first-order valence-corrected chi connectivity index (χ1v) is 14.9. The Morgan fingerprint density at radius 1 is 0.773 bits per heavy atom. The number of hydrogen-bond acceptors (Lipinski definition) is 9. The van der Waals surface area contributed by atoms with Crippen molar-refractivity contribution in [1.82, 2.24) is 0 Å². The van der Waals surface area contributed by atoms with Crippen LogP contribution < -0.4 is 30.4 Å². The van der Waals surface area contributed by atoms with Crippen molar-refractivity contribution in [2.24, 2.45) is 0 Å². The van der Waals surface area contributed by atoms with E-state index in [-0.39, 0.29) is 57.8 Å². The van der Waals surface area contributed by atoms with Crippen LogP contribution >= 0.6 is 0 Å². The summed E-state index contributed by atoms with van der Waals surface area (Å²) in [5.41, 5.74) is 1.59. The number of anilines is 1. The highest BCUT2D eigenvalue weighted by atomic mass is 16.5. The number of phenolic OH excluding ortho intramolecular Hbond substituents is 2. The molecule has 0 saturated heterocycles. The van der Waals surface area contributed by atoms with E-state index in [9.17, 15) is 24.6 Å². The van der Waals surface area contributed by atoms with Crippen molar-refractivity contribution in [3.05, 3.63) is 49.3 Å². The molecule has 2 aliphatic carbocycles. The zero-order valence-electron chi connectivity index (χ0n) is 25.3. The fraction of sp³-hybridized carbons (Fsp3) is 0.343. The first kappa shape index (κ1) is 28.0. The Morgan fingerprint density at radius 2 is 1.34 bits per heavy atom. The maximum absolute atomic E-state index is 13.9. The van der Waals surface area contributed by atoms with Crippen molar-refractivity contribution in [1.29, 1.82) is 0 Å². The van der Waals surface area contributed by atoms with Gasteiger partial charge in [-0.3, -0.25) is 14.4 Å². The van der Waals surface area contributed by atoms with Crippen molar-refractivity contribution in [3.63, 3.8) is 0 Å². The van der Waals surface area contributed by atoms with Crippen LogP contribution in [0.15, 0.2) is 27.3 Å². The molecule has 1 fully saturated rings. The number of aromatic hydroxyl groups is 2. The monoisotopic (exact) mass is 595 g/mol. The molecule has 0 aliphatic heterocycles. The fourth-order valence-corrected chi connectivity index (χ4v) is 7.86. The summed E-state index contributed by atoms with van der Waals surface area (Å²) in [6, 6.07) is 2.70. The molecule has 0 spiro atoms. The summed E-state index contributed by atoms with van der Waals surface area (Å²) in [5.74, 6) is -0.364. The van der Waals surface area contributed by atoms with Crippen LogP contribution in [0, 0.1) is 0 Å². The summed E-state index contributed by atoms with van der Waals surface area (Å²) in [6.45, 7) is 3.30. The minimum Gasteiger partial charge on any atom is -0.505 e. The molecule has 9 nitrogen and oxygen atoms in total. The quantitative estimate of drug-likeness (QED) is 0.123. The van der Waals surface area contributed by atoms with Gasteiger partial charge in [-0.25, -0.2) is 0 Å². The van der Waals surface area contributed by atoms with Crippen LogP contribution in [0.3, 0.4) is 0 Å². The highest BCUT2D eigenvalue weighted by molar-refractivity contribution is 6.42. The Balaban J connectivity index is 1.89. The maximum Gasteiger partial charge on any atom is 0.194 e. The molecule has 2 aliphatic rings. The van der Waals surface area contributed by atoms with Gasteiger partial charge in [0.1, 0.15) is 11.5 Å². The number of Topliss-reactive ketones (excluding diaryl/α,β-unsaturated/α-hetero) is 1. The lowest BCUT2D eigenvalue weighted by molar-refractivity contribution is -0.111. The standard InChI is InChI=1S/C35H33NO8/c1-14-11-17-23-28-24(33(40)32(17)36-16-9-7-6-8-10-16)18(38)12-20(42-3)26(28)27-21(43-4)13-19(39)25-30(27)29(23)31(22(14)15(2)37)35(44-5)34(25)41/h12-13,16,36,40-41H,6-11H2,1-5H3. The second kappa shape index (κ2) is 9.87. The van der Waals surface area contributed by atoms with E-state index in [1.165, 1.54) is 40.4 Å². The smallest absolute Gasteiger partial charge is 0.194 e. The molecule has 0 atom stereocenters. The number of ether oxygens (including phenoxy) is 3. The number of methoxy groups -OCH3 is 3. The number of rotatable bonds is 6. The topological polar surface area (TPSA) is 131 Å². The predicted octanol–water partition coefficient (Wildman–Crippen LogP) is 6.00. The van der Waals surface area contributed by atoms with Crippen LogP contribution in [0.25, 0.3) is 48.7 Å². The van der Waals surface area contributed by atoms with Crippen LogP contribution in [-0.2, 0) is 11.2 Å². The van der Waals surface area contributed by atoms with Crippen molar-refractivity contribution in [3.8, 4) is 28.7 Å². The van der Waals surface area contributed by atoms with Crippen LogP contribution in [0.5, 0.6) is 28.7 Å². The Hall–Kier alpha value is -4.79. The van der Waals surface area contributed by atoms with Crippen LogP contribution in [0.1, 0.15) is 57.1 Å². The molecule has 5 aromatic rings. The number of hydrogen-bond donors (Lipinski definition) is 3. The number of fused-ring (bicyclic) bond motifs is 1. The van der Waals surface area contributed by atoms with Gasteiger partial charge in [-0.05, 0) is 44.1 Å². The van der Waals surface area contributed by atoms with Gasteiger partial charge in [0.2, 0.25) is 0 Å². The Kier molecular flexibility index (Phi) is 6.28. The van der Waals surface area contributed by atoms with E-state index in [0.29, 0.717) is 60.3 Å². The Morgan fingerprint density at radius 3 is 1.89 bits per heavy atom. The average Bonchev–Trinajstić information content (AvgIpc) is 3.13. The fourth-order valence-electron chi connectivity index (χ4n) is 7.86. The van der Waals surface area contributed by atoms with Gasteiger partial charge in [0.05, 0.1) is 37.8 Å². The molecule has 9 heteroatoms. The van der Waals surface area contributed by atoms with E-state index in [1.807, 2.05) is 6.92 Å². The van der Waals surface area contributed by atoms with Gasteiger partial charge >= 0.3 is 0 Å². The number of nitrogens with one attached hydrogen (secondary N) is 1. The maximum atomic E-state index is 13.9. The van der Waals surface area contributed by atoms with E-state index in [1.54, 1.807) is 0 Å². The van der Waals surface area contributed by atoms with Crippen LogP contribution in [0.4, 0.5) is 5.69 Å². The minimum absolute atomic E-state index is 0.00479. The lowest BCUT2D eigenvalue weighted by Gasteiger charge is -2.28. The zero-order valence-corrected chi connectivity index (χ0v) is 25.3. The molecule has 44 heavy (non-hydrogen) atoms. The number of allylic oxidation sites excluding steroid dienone is 2. The molecule has 0 aromatic heterocycles. The molecule has 7 rings (SSSR count). The molecule has 0 bridgehead atoms. The van der Waals surface area contributed by atoms with Gasteiger partial charge in [-0.1, -0.05) is 24.8 Å². The van der Waals surface area contributed by atoms with E-state index in [4.69, 9.17) is 14.2 Å². The predicted molar refractivity (Wildman–Crippen MR) is 172 cm³/mol. The van der Waals surface area contributed by atoms with Crippen LogP contribution in [-0.4, -0.2) is 43.4 Å². The molecule has 0 unspecified atom stereocenters. The molecular formula is C35H33NO8. The first-order valence-electron chi connectivity index (χ1n) is 14.9. The normalized spacial score (nSPS) is 15.6. The molecule has 5 aromatic carbocycles. The number of benzene rings is 5. The number of carbonyl (C=O) groups excluding carboxylic acids is 1. The van der Waals surface area contributed by atoms with Gasteiger partial charge in [0.15, 0.2) is 33.9 Å². The summed E-state index contributed by atoms with van der Waals surface area (Å²) in [4.78, 5) is 41.0.